The van der Waals surface area contributed by atoms with Gasteiger partial charge in [0.1, 0.15) is 0 Å². The molecule has 0 N–H and O–H groups in total. The fourth-order valence-electron chi connectivity index (χ4n) is 3.64. The van der Waals surface area contributed by atoms with Gasteiger partial charge in [-0.3, -0.25) is 15.1 Å². The molecule has 1 unspecified atom stereocenters. The molecule has 1 aliphatic rings. The molecule has 0 fully saturated rings. The van der Waals surface area contributed by atoms with Crippen molar-refractivity contribution in [2.75, 3.05) is 5.01 Å². The van der Waals surface area contributed by atoms with Crippen molar-refractivity contribution in [2.45, 2.75) is 32.2 Å². The number of nitro groups is 1. The predicted molar refractivity (Wildman–Crippen MR) is 116 cm³/mol. The normalized spacial score (nSPS) is 16.2. The minimum atomic E-state index is -0.379. The zero-order chi connectivity index (χ0) is 20.4. The van der Waals surface area contributed by atoms with E-state index in [0.717, 1.165) is 23.4 Å². The number of rotatable bonds is 5. The van der Waals surface area contributed by atoms with E-state index < -0.39 is 0 Å². The highest BCUT2D eigenvalue weighted by Gasteiger charge is 2.30. The Bertz CT molecular complexity index is 1030. The van der Waals surface area contributed by atoms with Crippen LogP contribution in [-0.4, -0.2) is 10.6 Å². The van der Waals surface area contributed by atoms with E-state index in [1.54, 1.807) is 12.1 Å². The fraction of sp³-hybridized carbons (Fsp3) is 0.208. The average molecular weight is 385 g/mol. The van der Waals surface area contributed by atoms with Crippen molar-refractivity contribution in [1.82, 2.24) is 0 Å². The molecule has 0 radical (unpaired) electrons. The summed E-state index contributed by atoms with van der Waals surface area (Å²) in [7, 11) is 0. The van der Waals surface area contributed by atoms with Crippen LogP contribution in [0, 0.1) is 10.1 Å². The number of hydrazone groups is 1. The molecule has 0 aromatic heterocycles. The molecule has 5 heteroatoms. The number of nitrogens with zero attached hydrogens (tertiary/aromatic N) is 3. The zero-order valence-electron chi connectivity index (χ0n) is 16.5. The van der Waals surface area contributed by atoms with Gasteiger partial charge in [0.2, 0.25) is 0 Å². The van der Waals surface area contributed by atoms with Gasteiger partial charge in [0.15, 0.2) is 0 Å². The number of non-ortho nitro benzene ring substituents is 1. The van der Waals surface area contributed by atoms with E-state index in [9.17, 15) is 10.1 Å². The SMILES string of the molecule is CC(C)c1ccc(C2CC(c3ccc([N+](=O)[O-])cc3)=NN2c2ccccc2)cc1. The smallest absolute Gasteiger partial charge is 0.258 e. The van der Waals surface area contributed by atoms with Gasteiger partial charge < -0.3 is 0 Å². The Morgan fingerprint density at radius 3 is 2.21 bits per heavy atom. The number of hydrogen-bond donors (Lipinski definition) is 0. The van der Waals surface area contributed by atoms with Crippen LogP contribution in [0.5, 0.6) is 0 Å². The molecule has 3 aromatic carbocycles. The molecule has 4 rings (SSSR count). The van der Waals surface area contributed by atoms with E-state index in [-0.39, 0.29) is 16.7 Å². The first kappa shape index (κ1) is 18.9. The van der Waals surface area contributed by atoms with Crippen molar-refractivity contribution in [3.05, 3.63) is 106 Å². The number of nitro benzene ring substituents is 1. The lowest BCUT2D eigenvalue weighted by molar-refractivity contribution is -0.384. The molecule has 0 saturated carbocycles. The summed E-state index contributed by atoms with van der Waals surface area (Å²) >= 11 is 0. The third kappa shape index (κ3) is 3.90. The third-order valence-electron chi connectivity index (χ3n) is 5.33. The Balaban J connectivity index is 1.69. The number of para-hydroxylation sites is 1. The van der Waals surface area contributed by atoms with E-state index in [2.05, 4.69) is 55.3 Å². The highest BCUT2D eigenvalue weighted by molar-refractivity contribution is 6.03. The van der Waals surface area contributed by atoms with Crippen LogP contribution < -0.4 is 5.01 Å². The van der Waals surface area contributed by atoms with Crippen molar-refractivity contribution >= 4 is 17.1 Å². The maximum absolute atomic E-state index is 11.0. The summed E-state index contributed by atoms with van der Waals surface area (Å²) in [4.78, 5) is 10.6. The molecular formula is C24H23N3O2. The second-order valence-corrected chi connectivity index (χ2v) is 7.57. The number of hydrogen-bond acceptors (Lipinski definition) is 4. The van der Waals surface area contributed by atoms with Gasteiger partial charge in [-0.1, -0.05) is 56.3 Å². The minimum Gasteiger partial charge on any atom is -0.258 e. The molecule has 0 spiro atoms. The van der Waals surface area contributed by atoms with Gasteiger partial charge in [0.05, 0.1) is 22.4 Å². The van der Waals surface area contributed by atoms with E-state index in [1.165, 1.54) is 23.3 Å². The fourth-order valence-corrected chi connectivity index (χ4v) is 3.64. The maximum atomic E-state index is 11.0. The summed E-state index contributed by atoms with van der Waals surface area (Å²) in [5, 5.41) is 17.9. The van der Waals surface area contributed by atoms with Gasteiger partial charge in [-0.05, 0) is 46.9 Å². The molecule has 0 amide bonds. The molecule has 1 aliphatic heterocycles. The van der Waals surface area contributed by atoms with Gasteiger partial charge in [0, 0.05) is 18.6 Å². The summed E-state index contributed by atoms with van der Waals surface area (Å²) in [6, 6.07) is 25.6. The first-order valence-electron chi connectivity index (χ1n) is 9.79. The summed E-state index contributed by atoms with van der Waals surface area (Å²) < 4.78 is 0. The third-order valence-corrected chi connectivity index (χ3v) is 5.33. The second-order valence-electron chi connectivity index (χ2n) is 7.57. The van der Waals surface area contributed by atoms with Crippen molar-refractivity contribution in [3.63, 3.8) is 0 Å². The lowest BCUT2D eigenvalue weighted by atomic mass is 9.95. The molecule has 146 valence electrons. The summed E-state index contributed by atoms with van der Waals surface area (Å²) in [5.74, 6) is 0.491. The maximum Gasteiger partial charge on any atom is 0.269 e. The van der Waals surface area contributed by atoms with Crippen LogP contribution in [0.25, 0.3) is 0 Å². The van der Waals surface area contributed by atoms with Crippen LogP contribution in [0.15, 0.2) is 84.0 Å². The van der Waals surface area contributed by atoms with Crippen LogP contribution in [-0.2, 0) is 0 Å². The minimum absolute atomic E-state index is 0.0869. The van der Waals surface area contributed by atoms with E-state index in [4.69, 9.17) is 5.10 Å². The lowest BCUT2D eigenvalue weighted by Crippen LogP contribution is -2.18. The van der Waals surface area contributed by atoms with Crippen molar-refractivity contribution in [3.8, 4) is 0 Å². The van der Waals surface area contributed by atoms with Crippen molar-refractivity contribution in [1.29, 1.82) is 0 Å². The molecular weight excluding hydrogens is 362 g/mol. The van der Waals surface area contributed by atoms with Crippen LogP contribution in [0.1, 0.15) is 48.9 Å². The second kappa shape index (κ2) is 7.87. The van der Waals surface area contributed by atoms with Crippen LogP contribution in [0.2, 0.25) is 0 Å². The van der Waals surface area contributed by atoms with Gasteiger partial charge in [-0.15, -0.1) is 0 Å². The monoisotopic (exact) mass is 385 g/mol. The standard InChI is InChI=1S/C24H23N3O2/c1-17(2)18-8-10-20(11-9-18)24-16-23(19-12-14-22(15-13-19)27(28)29)25-26(24)21-6-4-3-5-7-21/h3-15,17,24H,16H2,1-2H3. The van der Waals surface area contributed by atoms with Crippen molar-refractivity contribution < 1.29 is 4.92 Å². The van der Waals surface area contributed by atoms with E-state index >= 15 is 0 Å². The van der Waals surface area contributed by atoms with E-state index in [0.29, 0.717) is 5.92 Å². The quantitative estimate of drug-likeness (QED) is 0.395. The highest BCUT2D eigenvalue weighted by atomic mass is 16.6. The van der Waals surface area contributed by atoms with Gasteiger partial charge in [-0.2, -0.15) is 5.10 Å². The zero-order valence-corrected chi connectivity index (χ0v) is 16.5. The van der Waals surface area contributed by atoms with Crippen LogP contribution >= 0.6 is 0 Å². The molecule has 0 aliphatic carbocycles. The average Bonchev–Trinajstić information content (AvgIpc) is 3.20. The van der Waals surface area contributed by atoms with Crippen LogP contribution in [0.4, 0.5) is 11.4 Å². The molecule has 3 aromatic rings. The molecule has 1 heterocycles. The van der Waals surface area contributed by atoms with Gasteiger partial charge in [-0.25, -0.2) is 0 Å². The first-order valence-corrected chi connectivity index (χ1v) is 9.79. The predicted octanol–water partition coefficient (Wildman–Crippen LogP) is 6.07. The topological polar surface area (TPSA) is 58.7 Å². The van der Waals surface area contributed by atoms with Crippen LogP contribution in [0.3, 0.4) is 0 Å². The first-order chi connectivity index (χ1) is 14.0. The summed E-state index contributed by atoms with van der Waals surface area (Å²) in [6.07, 6.45) is 0.744. The number of benzene rings is 3. The van der Waals surface area contributed by atoms with Gasteiger partial charge >= 0.3 is 0 Å². The summed E-state index contributed by atoms with van der Waals surface area (Å²) in [5.41, 5.74) is 5.49. The Morgan fingerprint density at radius 1 is 0.966 bits per heavy atom. The summed E-state index contributed by atoms with van der Waals surface area (Å²) in [6.45, 7) is 4.38. The van der Waals surface area contributed by atoms with E-state index in [1.807, 2.05) is 18.2 Å². The Hall–Kier alpha value is -3.47. The molecule has 1 atom stereocenters. The molecule has 5 nitrogen and oxygen atoms in total. The Labute approximate surface area is 170 Å². The molecule has 29 heavy (non-hydrogen) atoms. The molecule has 0 bridgehead atoms. The molecule has 0 saturated heterocycles. The van der Waals surface area contributed by atoms with Crippen molar-refractivity contribution in [2.24, 2.45) is 5.10 Å². The largest absolute Gasteiger partial charge is 0.269 e. The Morgan fingerprint density at radius 2 is 1.62 bits per heavy atom. The highest BCUT2D eigenvalue weighted by Crippen LogP contribution is 2.37. The number of anilines is 1. The lowest BCUT2D eigenvalue weighted by Gasteiger charge is -2.24. The Kier molecular flexibility index (Phi) is 5.12. The van der Waals surface area contributed by atoms with Gasteiger partial charge in [0.25, 0.3) is 5.69 Å².